The van der Waals surface area contributed by atoms with Crippen LogP contribution in [0.5, 0.6) is 0 Å². The molecule has 1 saturated carbocycles. The number of para-hydroxylation sites is 1. The van der Waals surface area contributed by atoms with E-state index in [4.69, 9.17) is 0 Å². The fraction of sp³-hybridized carbons (Fsp3) is 0.259. The lowest BCUT2D eigenvalue weighted by Crippen LogP contribution is -2.36. The first-order valence-electron chi connectivity index (χ1n) is 11.0. The van der Waals surface area contributed by atoms with E-state index in [9.17, 15) is 9.59 Å². The minimum absolute atomic E-state index is 0.126. The monoisotopic (exact) mass is 412 g/mol. The summed E-state index contributed by atoms with van der Waals surface area (Å²) in [6.45, 7) is 0. The molecule has 31 heavy (non-hydrogen) atoms. The Morgan fingerprint density at radius 3 is 1.87 bits per heavy atom. The summed E-state index contributed by atoms with van der Waals surface area (Å²) in [6.07, 6.45) is 5.58. The predicted octanol–water partition coefficient (Wildman–Crippen LogP) is 5.52. The summed E-state index contributed by atoms with van der Waals surface area (Å²) in [5.41, 5.74) is 2.87. The van der Waals surface area contributed by atoms with Crippen LogP contribution in [-0.4, -0.2) is 17.9 Å². The lowest BCUT2D eigenvalue weighted by Gasteiger charge is -2.23. The molecule has 0 atom stereocenters. The fourth-order valence-corrected chi connectivity index (χ4v) is 4.29. The second-order valence-electron chi connectivity index (χ2n) is 8.10. The summed E-state index contributed by atoms with van der Waals surface area (Å²) in [6, 6.07) is 26.9. The number of carbonyl (C=O) groups excluding carboxylic acids is 2. The van der Waals surface area contributed by atoms with E-state index < -0.39 is 5.92 Å². The van der Waals surface area contributed by atoms with Gasteiger partial charge in [0.05, 0.1) is 17.2 Å². The van der Waals surface area contributed by atoms with Crippen molar-refractivity contribution in [2.75, 3.05) is 5.32 Å². The number of nitrogens with one attached hydrogen (secondary N) is 2. The van der Waals surface area contributed by atoms with Gasteiger partial charge in [0.1, 0.15) is 0 Å². The van der Waals surface area contributed by atoms with Crippen LogP contribution in [0.4, 0.5) is 5.69 Å². The molecular formula is C27H28N2O2. The maximum absolute atomic E-state index is 13.4. The zero-order chi connectivity index (χ0) is 21.5. The normalized spacial score (nSPS) is 14.2. The highest BCUT2D eigenvalue weighted by Crippen LogP contribution is 2.27. The quantitative estimate of drug-likeness (QED) is 0.560. The molecule has 1 fully saturated rings. The van der Waals surface area contributed by atoms with E-state index in [0.29, 0.717) is 11.3 Å². The summed E-state index contributed by atoms with van der Waals surface area (Å²) in [4.78, 5) is 26.4. The molecular weight excluding hydrogens is 384 g/mol. The van der Waals surface area contributed by atoms with Crippen molar-refractivity contribution in [2.45, 2.75) is 44.1 Å². The number of benzene rings is 3. The molecule has 0 radical (unpaired) electrons. The highest BCUT2D eigenvalue weighted by atomic mass is 16.2. The van der Waals surface area contributed by atoms with Crippen LogP contribution < -0.4 is 10.6 Å². The molecule has 158 valence electrons. The molecule has 3 aromatic rings. The number of hydrogen-bond acceptors (Lipinski definition) is 2. The van der Waals surface area contributed by atoms with Gasteiger partial charge < -0.3 is 10.6 Å². The first-order chi connectivity index (χ1) is 15.2. The van der Waals surface area contributed by atoms with Gasteiger partial charge in [-0.1, -0.05) is 92.1 Å². The van der Waals surface area contributed by atoms with E-state index in [2.05, 4.69) is 10.6 Å². The molecule has 1 aliphatic carbocycles. The summed E-state index contributed by atoms with van der Waals surface area (Å²) in [5, 5.41) is 6.18. The second kappa shape index (κ2) is 10.1. The van der Waals surface area contributed by atoms with Crippen molar-refractivity contribution in [3.63, 3.8) is 0 Å². The Morgan fingerprint density at radius 2 is 1.26 bits per heavy atom. The first-order valence-corrected chi connectivity index (χ1v) is 11.0. The maximum atomic E-state index is 13.4. The number of rotatable bonds is 6. The molecule has 4 heteroatoms. The van der Waals surface area contributed by atoms with E-state index in [1.807, 2.05) is 72.8 Å². The van der Waals surface area contributed by atoms with Crippen molar-refractivity contribution in [3.8, 4) is 0 Å². The average Bonchev–Trinajstić information content (AvgIpc) is 2.81. The van der Waals surface area contributed by atoms with Crippen LogP contribution >= 0.6 is 0 Å². The standard InChI is InChI=1S/C27H28N2O2/c30-26(28-22-16-8-3-9-17-22)23-18-10-11-19-24(23)29-27(31)25(20-12-4-1-5-13-20)21-14-6-2-7-15-21/h1-2,4-7,10-15,18-19,22,25H,3,8-9,16-17H2,(H,28,30)(H,29,31). The number of anilines is 1. The Kier molecular flexibility index (Phi) is 6.78. The molecule has 3 aromatic carbocycles. The van der Waals surface area contributed by atoms with Crippen molar-refractivity contribution in [3.05, 3.63) is 102 Å². The van der Waals surface area contributed by atoms with Crippen LogP contribution in [0.25, 0.3) is 0 Å². The minimum atomic E-state index is -0.461. The van der Waals surface area contributed by atoms with Crippen LogP contribution in [0.15, 0.2) is 84.9 Å². The SMILES string of the molecule is O=C(NC1CCCCC1)c1ccccc1NC(=O)C(c1ccccc1)c1ccccc1. The first kappa shape index (κ1) is 20.9. The van der Waals surface area contributed by atoms with Gasteiger partial charge in [0.15, 0.2) is 0 Å². The van der Waals surface area contributed by atoms with Gasteiger partial charge in [-0.25, -0.2) is 0 Å². The van der Waals surface area contributed by atoms with Gasteiger partial charge >= 0.3 is 0 Å². The second-order valence-corrected chi connectivity index (χ2v) is 8.10. The Hall–Kier alpha value is -3.40. The van der Waals surface area contributed by atoms with Crippen molar-refractivity contribution >= 4 is 17.5 Å². The lowest BCUT2D eigenvalue weighted by molar-refractivity contribution is -0.116. The highest BCUT2D eigenvalue weighted by Gasteiger charge is 2.25. The molecule has 0 spiro atoms. The Balaban J connectivity index is 1.57. The van der Waals surface area contributed by atoms with Gasteiger partial charge in [-0.2, -0.15) is 0 Å². The third-order valence-electron chi connectivity index (χ3n) is 5.90. The summed E-state index contributed by atoms with van der Waals surface area (Å²) in [7, 11) is 0. The maximum Gasteiger partial charge on any atom is 0.253 e. The van der Waals surface area contributed by atoms with Crippen molar-refractivity contribution in [2.24, 2.45) is 0 Å². The van der Waals surface area contributed by atoms with Gasteiger partial charge in [-0.3, -0.25) is 9.59 Å². The number of hydrogen-bond donors (Lipinski definition) is 2. The van der Waals surface area contributed by atoms with Crippen LogP contribution in [0.2, 0.25) is 0 Å². The van der Waals surface area contributed by atoms with Gasteiger partial charge in [-0.15, -0.1) is 0 Å². The van der Waals surface area contributed by atoms with Crippen LogP contribution in [0, 0.1) is 0 Å². The zero-order valence-corrected chi connectivity index (χ0v) is 17.6. The van der Waals surface area contributed by atoms with E-state index in [1.54, 1.807) is 12.1 Å². The molecule has 4 rings (SSSR count). The van der Waals surface area contributed by atoms with Gasteiger partial charge in [0, 0.05) is 6.04 Å². The van der Waals surface area contributed by atoms with Crippen LogP contribution in [0.1, 0.15) is 59.5 Å². The third kappa shape index (κ3) is 5.21. The van der Waals surface area contributed by atoms with E-state index in [1.165, 1.54) is 6.42 Å². The third-order valence-corrected chi connectivity index (χ3v) is 5.90. The largest absolute Gasteiger partial charge is 0.349 e. The minimum Gasteiger partial charge on any atom is -0.349 e. The van der Waals surface area contributed by atoms with Crippen molar-refractivity contribution in [1.29, 1.82) is 0 Å². The van der Waals surface area contributed by atoms with Crippen LogP contribution in [-0.2, 0) is 4.79 Å². The molecule has 0 bridgehead atoms. The zero-order valence-electron chi connectivity index (χ0n) is 17.6. The smallest absolute Gasteiger partial charge is 0.253 e. The molecule has 0 aliphatic heterocycles. The molecule has 0 unspecified atom stereocenters. The Bertz CT molecular complexity index is 972. The van der Waals surface area contributed by atoms with E-state index >= 15 is 0 Å². The summed E-state index contributed by atoms with van der Waals surface area (Å²) in [5.74, 6) is -0.744. The molecule has 0 aromatic heterocycles. The van der Waals surface area contributed by atoms with Crippen LogP contribution in [0.3, 0.4) is 0 Å². The topological polar surface area (TPSA) is 58.2 Å². The number of amides is 2. The molecule has 4 nitrogen and oxygen atoms in total. The summed E-state index contributed by atoms with van der Waals surface area (Å²) >= 11 is 0. The molecule has 0 heterocycles. The van der Waals surface area contributed by atoms with Gasteiger partial charge in [0.2, 0.25) is 5.91 Å². The molecule has 2 N–H and O–H groups in total. The fourth-order valence-electron chi connectivity index (χ4n) is 4.29. The number of carbonyl (C=O) groups is 2. The Labute approximate surface area is 183 Å². The van der Waals surface area contributed by atoms with Gasteiger partial charge in [0.25, 0.3) is 5.91 Å². The average molecular weight is 413 g/mol. The molecule has 2 amide bonds. The van der Waals surface area contributed by atoms with E-state index in [0.717, 1.165) is 36.8 Å². The Morgan fingerprint density at radius 1 is 0.710 bits per heavy atom. The summed E-state index contributed by atoms with van der Waals surface area (Å²) < 4.78 is 0. The van der Waals surface area contributed by atoms with Crippen molar-refractivity contribution < 1.29 is 9.59 Å². The predicted molar refractivity (Wildman–Crippen MR) is 124 cm³/mol. The lowest BCUT2D eigenvalue weighted by atomic mass is 9.90. The van der Waals surface area contributed by atoms with Crippen molar-refractivity contribution in [1.82, 2.24) is 5.32 Å². The van der Waals surface area contributed by atoms with Gasteiger partial charge in [-0.05, 0) is 36.1 Å². The van der Waals surface area contributed by atoms with E-state index in [-0.39, 0.29) is 17.9 Å². The molecule has 1 aliphatic rings. The molecule has 0 saturated heterocycles. The highest BCUT2D eigenvalue weighted by molar-refractivity contribution is 6.06.